The van der Waals surface area contributed by atoms with Crippen molar-refractivity contribution in [3.8, 4) is 0 Å². The summed E-state index contributed by atoms with van der Waals surface area (Å²) in [6, 6.07) is 17.2. The van der Waals surface area contributed by atoms with Gasteiger partial charge in [-0.25, -0.2) is 0 Å². The lowest BCUT2D eigenvalue weighted by Crippen LogP contribution is -2.34. The third-order valence-corrected chi connectivity index (χ3v) is 5.44. The monoisotopic (exact) mass is 464 g/mol. The highest BCUT2D eigenvalue weighted by atomic mass is 35.5. The predicted molar refractivity (Wildman–Crippen MR) is 123 cm³/mol. The van der Waals surface area contributed by atoms with Crippen LogP contribution in [0.2, 0.25) is 5.02 Å². The van der Waals surface area contributed by atoms with Crippen molar-refractivity contribution in [2.24, 2.45) is 0 Å². The molecule has 9 nitrogen and oxygen atoms in total. The van der Waals surface area contributed by atoms with E-state index in [1.807, 2.05) is 0 Å². The Balaban J connectivity index is 1.45. The number of imide groups is 1. The lowest BCUT2D eigenvalue weighted by molar-refractivity contribution is -0.384. The summed E-state index contributed by atoms with van der Waals surface area (Å²) in [5.74, 6) is -1.36. The Labute approximate surface area is 193 Å². The third-order valence-electron chi connectivity index (χ3n) is 5.11. The van der Waals surface area contributed by atoms with Crippen LogP contribution in [0.15, 0.2) is 66.7 Å². The van der Waals surface area contributed by atoms with E-state index in [4.69, 9.17) is 11.6 Å². The summed E-state index contributed by atoms with van der Waals surface area (Å²) in [7, 11) is 0. The molecule has 0 atom stereocenters. The molecule has 0 saturated carbocycles. The second-order valence-electron chi connectivity index (χ2n) is 7.16. The highest BCUT2D eigenvalue weighted by Crippen LogP contribution is 2.28. The molecule has 4 rings (SSSR count). The summed E-state index contributed by atoms with van der Waals surface area (Å²) in [6.45, 7) is 0.121. The molecule has 166 valence electrons. The summed E-state index contributed by atoms with van der Waals surface area (Å²) in [4.78, 5) is 49.4. The molecule has 10 heteroatoms. The molecule has 0 aliphatic carbocycles. The Kier molecular flexibility index (Phi) is 6.05. The molecule has 0 fully saturated rings. The number of nitro benzene ring substituents is 1. The third kappa shape index (κ3) is 4.39. The summed E-state index contributed by atoms with van der Waals surface area (Å²) in [5, 5.41) is 17.4. The van der Waals surface area contributed by atoms with E-state index < -0.39 is 22.6 Å². The molecule has 2 N–H and O–H groups in total. The van der Waals surface area contributed by atoms with E-state index in [1.54, 1.807) is 48.5 Å². The average molecular weight is 465 g/mol. The SMILES string of the molecule is O=C(Nc1ccccc1Cl)c1ccc(NCCN2C(=O)c3ccccc3C2=O)c([N+](=O)[O-])c1. The average Bonchev–Trinajstić information content (AvgIpc) is 3.05. The largest absolute Gasteiger partial charge is 0.378 e. The van der Waals surface area contributed by atoms with E-state index in [-0.39, 0.29) is 30.0 Å². The number of para-hydroxylation sites is 1. The van der Waals surface area contributed by atoms with Crippen molar-refractivity contribution in [3.63, 3.8) is 0 Å². The minimum absolute atomic E-state index is 0.0260. The van der Waals surface area contributed by atoms with Crippen LogP contribution in [-0.4, -0.2) is 40.6 Å². The number of nitrogens with one attached hydrogen (secondary N) is 2. The number of carbonyl (C=O) groups is 3. The number of fused-ring (bicyclic) bond motifs is 1. The first kappa shape index (κ1) is 22.0. The Morgan fingerprint density at radius 3 is 2.21 bits per heavy atom. The molecule has 3 amide bonds. The van der Waals surface area contributed by atoms with Gasteiger partial charge < -0.3 is 10.6 Å². The van der Waals surface area contributed by atoms with Gasteiger partial charge in [-0.15, -0.1) is 0 Å². The van der Waals surface area contributed by atoms with Gasteiger partial charge >= 0.3 is 0 Å². The van der Waals surface area contributed by atoms with E-state index in [2.05, 4.69) is 10.6 Å². The van der Waals surface area contributed by atoms with E-state index in [0.717, 1.165) is 11.0 Å². The minimum atomic E-state index is -0.614. The maximum absolute atomic E-state index is 12.5. The molecule has 1 aliphatic heterocycles. The molecular weight excluding hydrogens is 448 g/mol. The quantitative estimate of drug-likeness (QED) is 0.307. The fraction of sp³-hybridized carbons (Fsp3) is 0.0870. The van der Waals surface area contributed by atoms with Crippen molar-refractivity contribution in [1.29, 1.82) is 0 Å². The lowest BCUT2D eigenvalue weighted by Gasteiger charge is -2.15. The first-order valence-electron chi connectivity index (χ1n) is 9.90. The number of nitro groups is 1. The van der Waals surface area contributed by atoms with Crippen LogP contribution in [0.4, 0.5) is 17.1 Å². The zero-order valence-electron chi connectivity index (χ0n) is 17.1. The number of anilines is 2. The summed E-state index contributed by atoms with van der Waals surface area (Å²) >= 11 is 6.04. The number of halogens is 1. The number of carbonyl (C=O) groups excluding carboxylic acids is 3. The zero-order chi connectivity index (χ0) is 23.5. The standard InChI is InChI=1S/C23H17ClN4O5/c24-17-7-3-4-8-18(17)26-21(29)14-9-10-19(20(13-14)28(32)33)25-11-12-27-22(30)15-5-1-2-6-16(15)23(27)31/h1-10,13,25H,11-12H2,(H,26,29). The van der Waals surface area contributed by atoms with E-state index >= 15 is 0 Å². The second kappa shape index (κ2) is 9.09. The fourth-order valence-electron chi connectivity index (χ4n) is 3.48. The molecule has 33 heavy (non-hydrogen) atoms. The van der Waals surface area contributed by atoms with Gasteiger partial charge in [0, 0.05) is 24.7 Å². The van der Waals surface area contributed by atoms with Crippen LogP contribution in [0.5, 0.6) is 0 Å². The van der Waals surface area contributed by atoms with Crippen molar-refractivity contribution < 1.29 is 19.3 Å². The van der Waals surface area contributed by atoms with E-state index in [9.17, 15) is 24.5 Å². The Morgan fingerprint density at radius 2 is 1.58 bits per heavy atom. The molecule has 1 heterocycles. The van der Waals surface area contributed by atoms with Gasteiger partial charge in [-0.1, -0.05) is 35.9 Å². The Bertz CT molecular complexity index is 1260. The molecule has 0 radical (unpaired) electrons. The number of rotatable bonds is 7. The molecule has 3 aromatic rings. The van der Waals surface area contributed by atoms with Crippen molar-refractivity contribution in [2.75, 3.05) is 23.7 Å². The normalized spacial score (nSPS) is 12.5. The molecule has 0 spiro atoms. The number of benzene rings is 3. The summed E-state index contributed by atoms with van der Waals surface area (Å²) < 4.78 is 0. The van der Waals surface area contributed by atoms with Crippen molar-refractivity contribution in [1.82, 2.24) is 4.90 Å². The maximum atomic E-state index is 12.5. The van der Waals surface area contributed by atoms with Crippen molar-refractivity contribution in [2.45, 2.75) is 0 Å². The minimum Gasteiger partial charge on any atom is -0.378 e. The van der Waals surface area contributed by atoms with Crippen molar-refractivity contribution >= 4 is 46.4 Å². The fourth-order valence-corrected chi connectivity index (χ4v) is 3.66. The van der Waals surface area contributed by atoms with Gasteiger partial charge in [0.25, 0.3) is 23.4 Å². The molecule has 0 saturated heterocycles. The first-order valence-corrected chi connectivity index (χ1v) is 10.3. The topological polar surface area (TPSA) is 122 Å². The number of hydrogen-bond acceptors (Lipinski definition) is 6. The van der Waals surface area contributed by atoms with Gasteiger partial charge in [-0.2, -0.15) is 0 Å². The van der Waals surface area contributed by atoms with Crippen LogP contribution in [0.25, 0.3) is 0 Å². The van der Waals surface area contributed by atoms with Crippen LogP contribution in [0, 0.1) is 10.1 Å². The van der Waals surface area contributed by atoms with Gasteiger partial charge in [0.15, 0.2) is 0 Å². The van der Waals surface area contributed by atoms with Crippen molar-refractivity contribution in [3.05, 3.63) is 98.6 Å². The molecule has 0 bridgehead atoms. The van der Waals surface area contributed by atoms with E-state index in [1.165, 1.54) is 12.1 Å². The zero-order valence-corrected chi connectivity index (χ0v) is 17.8. The van der Waals surface area contributed by atoms with Gasteiger partial charge in [-0.05, 0) is 36.4 Å². The van der Waals surface area contributed by atoms with Crippen LogP contribution < -0.4 is 10.6 Å². The summed E-state index contributed by atoms with van der Waals surface area (Å²) in [5.41, 5.74) is 0.974. The smallest absolute Gasteiger partial charge is 0.293 e. The van der Waals surface area contributed by atoms with Crippen LogP contribution >= 0.6 is 11.6 Å². The van der Waals surface area contributed by atoms with Crippen LogP contribution in [0.3, 0.4) is 0 Å². The van der Waals surface area contributed by atoms with Gasteiger partial charge in [0.2, 0.25) is 0 Å². The molecule has 0 aromatic heterocycles. The number of nitrogens with zero attached hydrogens (tertiary/aromatic N) is 2. The maximum Gasteiger partial charge on any atom is 0.293 e. The van der Waals surface area contributed by atoms with Gasteiger partial charge in [0.05, 0.1) is 26.8 Å². The van der Waals surface area contributed by atoms with E-state index in [0.29, 0.717) is 21.8 Å². The number of hydrogen-bond donors (Lipinski definition) is 2. The first-order chi connectivity index (χ1) is 15.9. The number of amides is 3. The van der Waals surface area contributed by atoms with Crippen LogP contribution in [0.1, 0.15) is 31.1 Å². The Morgan fingerprint density at radius 1 is 0.939 bits per heavy atom. The molecule has 3 aromatic carbocycles. The highest BCUT2D eigenvalue weighted by Gasteiger charge is 2.34. The lowest BCUT2D eigenvalue weighted by atomic mass is 10.1. The molecular formula is C23H17ClN4O5. The van der Waals surface area contributed by atoms with Crippen LogP contribution in [-0.2, 0) is 0 Å². The van der Waals surface area contributed by atoms with Gasteiger partial charge in [-0.3, -0.25) is 29.4 Å². The molecule has 0 unspecified atom stereocenters. The predicted octanol–water partition coefficient (Wildman–Crippen LogP) is 4.21. The van der Waals surface area contributed by atoms with Gasteiger partial charge in [0.1, 0.15) is 5.69 Å². The highest BCUT2D eigenvalue weighted by molar-refractivity contribution is 6.33. The molecule has 1 aliphatic rings. The Hall–Kier alpha value is -4.24. The second-order valence-corrected chi connectivity index (χ2v) is 7.56. The summed E-state index contributed by atoms with van der Waals surface area (Å²) in [6.07, 6.45) is 0.